The third-order valence-electron chi connectivity index (χ3n) is 3.13. The molecule has 2 aromatic rings. The van der Waals surface area contributed by atoms with Crippen LogP contribution in [0, 0.1) is 0 Å². The molecule has 122 valence electrons. The lowest BCUT2D eigenvalue weighted by Gasteiger charge is -2.22. The number of nitrogens with one attached hydrogen (secondary N) is 1. The molecule has 0 fully saturated rings. The molecule has 1 aromatic heterocycles. The van der Waals surface area contributed by atoms with Gasteiger partial charge >= 0.3 is 0 Å². The summed E-state index contributed by atoms with van der Waals surface area (Å²) in [7, 11) is 0. The second-order valence-corrected chi connectivity index (χ2v) is 5.93. The van der Waals surface area contributed by atoms with Gasteiger partial charge in [-0.25, -0.2) is 4.98 Å². The topological polar surface area (TPSA) is 70.0 Å². The fourth-order valence-corrected chi connectivity index (χ4v) is 2.83. The van der Waals surface area contributed by atoms with Gasteiger partial charge in [-0.2, -0.15) is 0 Å². The van der Waals surface area contributed by atoms with E-state index in [1.54, 1.807) is 5.38 Å². The lowest BCUT2D eigenvalue weighted by Crippen LogP contribution is -2.21. The molecular weight excluding hydrogens is 334 g/mol. The first-order valence-corrected chi connectivity index (χ1v) is 8.48. The number of aromatic nitrogens is 1. The third kappa shape index (κ3) is 4.74. The smallest absolute Gasteiger partial charge is 0.231 e. The van der Waals surface area contributed by atoms with Gasteiger partial charge < -0.3 is 10.2 Å². The summed E-state index contributed by atoms with van der Waals surface area (Å²) < 4.78 is 0. The highest BCUT2D eigenvalue weighted by Gasteiger charge is 2.09. The molecule has 0 atom stereocenters. The minimum atomic E-state index is -0.157. The Morgan fingerprint density at radius 1 is 1.35 bits per heavy atom. The highest BCUT2D eigenvalue weighted by atomic mass is 35.5. The lowest BCUT2D eigenvalue weighted by molar-refractivity contribution is -0.114. The Morgan fingerprint density at radius 3 is 2.65 bits per heavy atom. The standard InChI is InChI=1S/C15H18ClN5OS/c1-4-21(5-2)11-6-7-12(13(8-11)17-10(3)22)19-20-15-18-14(16)9-23-15/h6-9H,4-5H2,1-3H3,(H,17,22). The van der Waals surface area contributed by atoms with Crippen LogP contribution >= 0.6 is 22.9 Å². The van der Waals surface area contributed by atoms with E-state index in [0.717, 1.165) is 18.8 Å². The Morgan fingerprint density at radius 2 is 2.09 bits per heavy atom. The molecule has 23 heavy (non-hydrogen) atoms. The SMILES string of the molecule is CCN(CC)c1ccc(N=Nc2nc(Cl)cs2)c(NC(C)=O)c1. The van der Waals surface area contributed by atoms with Gasteiger partial charge in [0.25, 0.3) is 0 Å². The van der Waals surface area contributed by atoms with Crippen molar-refractivity contribution < 1.29 is 4.79 Å². The van der Waals surface area contributed by atoms with Crippen LogP contribution in [0.15, 0.2) is 33.8 Å². The number of thiazole rings is 1. The van der Waals surface area contributed by atoms with E-state index >= 15 is 0 Å². The molecule has 0 aliphatic heterocycles. The van der Waals surface area contributed by atoms with E-state index in [2.05, 4.69) is 39.3 Å². The number of hydrogen-bond acceptors (Lipinski definition) is 6. The molecule has 1 N–H and O–H groups in total. The fourth-order valence-electron chi connectivity index (χ4n) is 2.07. The van der Waals surface area contributed by atoms with Crippen LogP contribution < -0.4 is 10.2 Å². The lowest BCUT2D eigenvalue weighted by atomic mass is 10.2. The fraction of sp³-hybridized carbons (Fsp3) is 0.333. The molecule has 1 heterocycles. The van der Waals surface area contributed by atoms with Crippen LogP contribution in [0.2, 0.25) is 5.15 Å². The van der Waals surface area contributed by atoms with Gasteiger partial charge in [0.2, 0.25) is 11.0 Å². The highest BCUT2D eigenvalue weighted by molar-refractivity contribution is 7.13. The maximum absolute atomic E-state index is 11.4. The summed E-state index contributed by atoms with van der Waals surface area (Å²) in [4.78, 5) is 17.6. The number of nitrogens with zero attached hydrogens (tertiary/aromatic N) is 4. The maximum atomic E-state index is 11.4. The molecule has 0 aliphatic rings. The number of carbonyl (C=O) groups excluding carboxylic acids is 1. The molecule has 1 aromatic carbocycles. The van der Waals surface area contributed by atoms with E-state index in [0.29, 0.717) is 21.7 Å². The van der Waals surface area contributed by atoms with Crippen molar-refractivity contribution in [2.75, 3.05) is 23.3 Å². The average Bonchev–Trinajstić information content (AvgIpc) is 2.92. The van der Waals surface area contributed by atoms with E-state index in [4.69, 9.17) is 11.6 Å². The Kier molecular flexibility index (Phi) is 6.06. The second-order valence-electron chi connectivity index (χ2n) is 4.71. The number of halogens is 1. The molecule has 0 radical (unpaired) electrons. The number of azo groups is 1. The van der Waals surface area contributed by atoms with Gasteiger partial charge in [0.1, 0.15) is 10.8 Å². The summed E-state index contributed by atoms with van der Waals surface area (Å²) in [6.07, 6.45) is 0. The minimum absolute atomic E-state index is 0.157. The molecule has 0 bridgehead atoms. The summed E-state index contributed by atoms with van der Waals surface area (Å²) in [6, 6.07) is 5.69. The third-order valence-corrected chi connectivity index (χ3v) is 4.17. The molecule has 0 aliphatic carbocycles. The molecule has 1 amide bonds. The van der Waals surface area contributed by atoms with Gasteiger partial charge in [-0.05, 0) is 32.0 Å². The van der Waals surface area contributed by atoms with Gasteiger partial charge in [-0.15, -0.1) is 21.6 Å². The summed E-state index contributed by atoms with van der Waals surface area (Å²) >= 11 is 7.07. The first-order valence-electron chi connectivity index (χ1n) is 7.22. The van der Waals surface area contributed by atoms with Crippen molar-refractivity contribution in [2.45, 2.75) is 20.8 Å². The van der Waals surface area contributed by atoms with E-state index < -0.39 is 0 Å². The van der Waals surface area contributed by atoms with Crippen LogP contribution in [0.3, 0.4) is 0 Å². The normalized spacial score (nSPS) is 11.0. The Bertz CT molecular complexity index is 712. The van der Waals surface area contributed by atoms with Crippen molar-refractivity contribution in [1.82, 2.24) is 4.98 Å². The zero-order chi connectivity index (χ0) is 16.8. The largest absolute Gasteiger partial charge is 0.372 e. The molecule has 0 unspecified atom stereocenters. The Hall–Kier alpha value is -1.99. The predicted octanol–water partition coefficient (Wildman–Crippen LogP) is 5.02. The number of amides is 1. The van der Waals surface area contributed by atoms with Crippen LogP contribution in [0.4, 0.5) is 22.2 Å². The van der Waals surface area contributed by atoms with Crippen molar-refractivity contribution in [2.24, 2.45) is 10.2 Å². The van der Waals surface area contributed by atoms with Crippen LogP contribution in [-0.2, 0) is 4.79 Å². The molecule has 0 spiro atoms. The number of benzene rings is 1. The monoisotopic (exact) mass is 351 g/mol. The summed E-state index contributed by atoms with van der Waals surface area (Å²) in [5, 5.41) is 13.6. The van der Waals surface area contributed by atoms with E-state index in [9.17, 15) is 4.79 Å². The predicted molar refractivity (Wildman–Crippen MR) is 95.6 cm³/mol. The van der Waals surface area contributed by atoms with E-state index in [-0.39, 0.29) is 5.91 Å². The maximum Gasteiger partial charge on any atom is 0.231 e. The number of carbonyl (C=O) groups is 1. The molecule has 2 rings (SSSR count). The molecule has 6 nitrogen and oxygen atoms in total. The molecule has 0 saturated heterocycles. The van der Waals surface area contributed by atoms with Gasteiger partial charge in [0, 0.05) is 31.1 Å². The zero-order valence-corrected chi connectivity index (χ0v) is 14.8. The van der Waals surface area contributed by atoms with Crippen LogP contribution in [0.25, 0.3) is 0 Å². The Labute approximate surface area is 144 Å². The second kappa shape index (κ2) is 8.03. The number of rotatable bonds is 6. The van der Waals surface area contributed by atoms with Crippen molar-refractivity contribution in [3.05, 3.63) is 28.7 Å². The highest BCUT2D eigenvalue weighted by Crippen LogP contribution is 2.32. The molecule has 0 saturated carbocycles. The van der Waals surface area contributed by atoms with Crippen LogP contribution in [-0.4, -0.2) is 24.0 Å². The summed E-state index contributed by atoms with van der Waals surface area (Å²) in [5.74, 6) is -0.157. The van der Waals surface area contributed by atoms with Crippen LogP contribution in [0.1, 0.15) is 20.8 Å². The van der Waals surface area contributed by atoms with Crippen molar-refractivity contribution in [1.29, 1.82) is 0 Å². The van der Waals surface area contributed by atoms with E-state index in [1.807, 2.05) is 18.2 Å². The molecule has 8 heteroatoms. The van der Waals surface area contributed by atoms with Crippen molar-refractivity contribution in [3.63, 3.8) is 0 Å². The zero-order valence-electron chi connectivity index (χ0n) is 13.2. The van der Waals surface area contributed by atoms with E-state index in [1.165, 1.54) is 18.3 Å². The first-order chi connectivity index (χ1) is 11.0. The summed E-state index contributed by atoms with van der Waals surface area (Å²) in [6.45, 7) is 7.40. The minimum Gasteiger partial charge on any atom is -0.372 e. The van der Waals surface area contributed by atoms with Gasteiger partial charge in [0.05, 0.1) is 5.69 Å². The quantitative estimate of drug-likeness (QED) is 0.743. The number of anilines is 2. The Balaban J connectivity index is 2.33. The first kappa shape index (κ1) is 17.4. The molecular formula is C15H18ClN5OS. The number of hydrogen-bond donors (Lipinski definition) is 1. The van der Waals surface area contributed by atoms with Crippen LogP contribution in [0.5, 0.6) is 0 Å². The van der Waals surface area contributed by atoms with Crippen molar-refractivity contribution >= 4 is 51.0 Å². The van der Waals surface area contributed by atoms with Crippen molar-refractivity contribution in [3.8, 4) is 0 Å². The average molecular weight is 352 g/mol. The van der Waals surface area contributed by atoms with Gasteiger partial charge in [0.15, 0.2) is 0 Å². The van der Waals surface area contributed by atoms with Gasteiger partial charge in [-0.3, -0.25) is 4.79 Å². The summed E-state index contributed by atoms with van der Waals surface area (Å²) in [5.41, 5.74) is 2.21. The van der Waals surface area contributed by atoms with Gasteiger partial charge in [-0.1, -0.05) is 11.6 Å².